The monoisotopic (exact) mass is 335 g/mol. The lowest BCUT2D eigenvalue weighted by molar-refractivity contribution is 0.0952. The molecule has 0 unspecified atom stereocenters. The molecular formula is C18H13N3O4. The molecule has 4 aromatic rings. The van der Waals surface area contributed by atoms with Crippen molar-refractivity contribution in [3.05, 3.63) is 80.6 Å². The summed E-state index contributed by atoms with van der Waals surface area (Å²) in [6.07, 6.45) is 0. The number of aromatic amines is 2. The van der Waals surface area contributed by atoms with Gasteiger partial charge in [-0.3, -0.25) is 14.6 Å². The van der Waals surface area contributed by atoms with Crippen LogP contribution in [0.1, 0.15) is 15.9 Å². The minimum Gasteiger partial charge on any atom is -0.407 e. The van der Waals surface area contributed by atoms with Crippen LogP contribution < -0.4 is 16.6 Å². The summed E-state index contributed by atoms with van der Waals surface area (Å²) < 4.78 is 5.11. The van der Waals surface area contributed by atoms with Gasteiger partial charge in [-0.1, -0.05) is 24.3 Å². The molecule has 0 radical (unpaired) electrons. The molecule has 2 aromatic carbocycles. The van der Waals surface area contributed by atoms with Gasteiger partial charge in [-0.05, 0) is 23.6 Å². The summed E-state index contributed by atoms with van der Waals surface area (Å²) in [5, 5.41) is 3.56. The van der Waals surface area contributed by atoms with Crippen molar-refractivity contribution in [3.8, 4) is 0 Å². The molecule has 0 saturated heterocycles. The number of para-hydroxylation sites is 2. The first-order valence-corrected chi connectivity index (χ1v) is 7.63. The number of rotatable bonds is 3. The Hall–Kier alpha value is -3.61. The van der Waals surface area contributed by atoms with Gasteiger partial charge >= 0.3 is 5.76 Å². The lowest BCUT2D eigenvalue weighted by Crippen LogP contribution is -2.23. The van der Waals surface area contributed by atoms with Gasteiger partial charge < -0.3 is 14.7 Å². The van der Waals surface area contributed by atoms with Crippen molar-refractivity contribution in [3.63, 3.8) is 0 Å². The molecule has 0 bridgehead atoms. The van der Waals surface area contributed by atoms with Crippen LogP contribution in [0.3, 0.4) is 0 Å². The number of benzene rings is 2. The average Bonchev–Trinajstić information content (AvgIpc) is 2.99. The minimum atomic E-state index is -0.541. The lowest BCUT2D eigenvalue weighted by atomic mass is 10.1. The molecule has 0 saturated carbocycles. The third-order valence-corrected chi connectivity index (χ3v) is 3.97. The van der Waals surface area contributed by atoms with E-state index in [1.807, 2.05) is 6.07 Å². The molecule has 0 atom stereocenters. The average molecular weight is 335 g/mol. The molecule has 2 aromatic heterocycles. The maximum atomic E-state index is 12.6. The van der Waals surface area contributed by atoms with Crippen LogP contribution >= 0.6 is 0 Å². The Labute approximate surface area is 140 Å². The standard InChI is InChI=1S/C18H13N3O4/c22-14-8-7-10-3-1-5-12(15(10)21-14)17(23)19-9-11-4-2-6-13-16(11)25-18(24)20-13/h1-8H,9H2,(H,19,23)(H,20,24)(H,21,22). The molecular weight excluding hydrogens is 322 g/mol. The van der Waals surface area contributed by atoms with Crippen molar-refractivity contribution in [1.82, 2.24) is 15.3 Å². The van der Waals surface area contributed by atoms with E-state index in [1.54, 1.807) is 36.4 Å². The number of amides is 1. The summed E-state index contributed by atoms with van der Waals surface area (Å²) in [5.74, 6) is -0.872. The number of nitrogens with one attached hydrogen (secondary N) is 3. The molecule has 2 heterocycles. The van der Waals surface area contributed by atoms with Crippen LogP contribution in [0.15, 0.2) is 62.5 Å². The van der Waals surface area contributed by atoms with Gasteiger partial charge in [-0.15, -0.1) is 0 Å². The number of aromatic nitrogens is 2. The number of hydrogen-bond donors (Lipinski definition) is 3. The normalized spacial score (nSPS) is 11.0. The van der Waals surface area contributed by atoms with Crippen molar-refractivity contribution >= 4 is 27.9 Å². The van der Waals surface area contributed by atoms with Crippen LogP contribution in [-0.4, -0.2) is 15.9 Å². The van der Waals surface area contributed by atoms with Gasteiger partial charge in [0.15, 0.2) is 5.58 Å². The number of carbonyl (C=O) groups excluding carboxylic acids is 1. The van der Waals surface area contributed by atoms with Gasteiger partial charge in [0.2, 0.25) is 5.56 Å². The first kappa shape index (κ1) is 14.9. The van der Waals surface area contributed by atoms with E-state index in [9.17, 15) is 14.4 Å². The van der Waals surface area contributed by atoms with Crippen LogP contribution in [0.25, 0.3) is 22.0 Å². The Morgan fingerprint density at radius 2 is 1.84 bits per heavy atom. The third kappa shape index (κ3) is 2.72. The van der Waals surface area contributed by atoms with Crippen LogP contribution in [0.4, 0.5) is 0 Å². The molecule has 0 fully saturated rings. The van der Waals surface area contributed by atoms with Crippen molar-refractivity contribution in [2.45, 2.75) is 6.54 Å². The SMILES string of the molecule is O=C(NCc1cccc2[nH]c(=O)oc12)c1cccc2ccc(=O)[nH]c12. The van der Waals surface area contributed by atoms with E-state index in [0.29, 0.717) is 27.7 Å². The maximum absolute atomic E-state index is 12.6. The van der Waals surface area contributed by atoms with Crippen LogP contribution in [0.2, 0.25) is 0 Å². The second-order valence-electron chi connectivity index (χ2n) is 5.58. The van der Waals surface area contributed by atoms with Crippen molar-refractivity contribution < 1.29 is 9.21 Å². The van der Waals surface area contributed by atoms with Crippen molar-refractivity contribution in [2.24, 2.45) is 0 Å². The fourth-order valence-electron chi connectivity index (χ4n) is 2.81. The van der Waals surface area contributed by atoms with Crippen LogP contribution in [0, 0.1) is 0 Å². The predicted molar refractivity (Wildman–Crippen MR) is 92.6 cm³/mol. The maximum Gasteiger partial charge on any atom is 0.417 e. The smallest absolute Gasteiger partial charge is 0.407 e. The van der Waals surface area contributed by atoms with Gasteiger partial charge in [-0.2, -0.15) is 0 Å². The van der Waals surface area contributed by atoms with Gasteiger partial charge in [0.1, 0.15) is 0 Å². The van der Waals surface area contributed by atoms with Crippen molar-refractivity contribution in [2.75, 3.05) is 0 Å². The fraction of sp³-hybridized carbons (Fsp3) is 0.0556. The number of oxazole rings is 1. The summed E-state index contributed by atoms with van der Waals surface area (Å²) in [6, 6.07) is 13.6. The molecule has 124 valence electrons. The van der Waals surface area contributed by atoms with E-state index in [0.717, 1.165) is 5.39 Å². The summed E-state index contributed by atoms with van der Waals surface area (Å²) >= 11 is 0. The second kappa shape index (κ2) is 5.79. The Balaban J connectivity index is 1.65. The second-order valence-corrected chi connectivity index (χ2v) is 5.58. The molecule has 4 rings (SSSR count). The summed E-state index contributed by atoms with van der Waals surface area (Å²) in [7, 11) is 0. The molecule has 0 aliphatic heterocycles. The van der Waals surface area contributed by atoms with Gasteiger partial charge in [-0.25, -0.2) is 4.79 Å². The highest BCUT2D eigenvalue weighted by molar-refractivity contribution is 6.05. The van der Waals surface area contributed by atoms with Crippen LogP contribution in [0.5, 0.6) is 0 Å². The van der Waals surface area contributed by atoms with E-state index < -0.39 is 5.76 Å². The molecule has 7 nitrogen and oxygen atoms in total. The Morgan fingerprint density at radius 3 is 2.72 bits per heavy atom. The van der Waals surface area contributed by atoms with Gasteiger partial charge in [0, 0.05) is 18.2 Å². The molecule has 3 N–H and O–H groups in total. The predicted octanol–water partition coefficient (Wildman–Crippen LogP) is 1.89. The summed E-state index contributed by atoms with van der Waals surface area (Å²) in [5.41, 5.74) is 2.26. The third-order valence-electron chi connectivity index (χ3n) is 3.97. The lowest BCUT2D eigenvalue weighted by Gasteiger charge is -2.08. The van der Waals surface area contributed by atoms with Crippen LogP contribution in [-0.2, 0) is 6.54 Å². The number of hydrogen-bond acceptors (Lipinski definition) is 4. The highest BCUT2D eigenvalue weighted by Gasteiger charge is 2.12. The number of carbonyl (C=O) groups is 1. The summed E-state index contributed by atoms with van der Waals surface area (Å²) in [6.45, 7) is 0.185. The fourth-order valence-corrected chi connectivity index (χ4v) is 2.81. The zero-order chi connectivity index (χ0) is 17.4. The number of fused-ring (bicyclic) bond motifs is 2. The summed E-state index contributed by atoms with van der Waals surface area (Å²) in [4.78, 5) is 40.7. The van der Waals surface area contributed by atoms with E-state index in [1.165, 1.54) is 6.07 Å². The molecule has 1 amide bonds. The highest BCUT2D eigenvalue weighted by atomic mass is 16.4. The highest BCUT2D eigenvalue weighted by Crippen LogP contribution is 2.17. The Morgan fingerprint density at radius 1 is 1.00 bits per heavy atom. The van der Waals surface area contributed by atoms with E-state index in [2.05, 4.69) is 15.3 Å². The molecule has 7 heteroatoms. The Bertz CT molecular complexity index is 1220. The Kier molecular flexibility index (Phi) is 3.46. The van der Waals surface area contributed by atoms with E-state index >= 15 is 0 Å². The molecule has 0 aliphatic carbocycles. The number of H-pyrrole nitrogens is 2. The molecule has 0 spiro atoms. The first-order valence-electron chi connectivity index (χ1n) is 7.63. The number of pyridine rings is 1. The first-order chi connectivity index (χ1) is 12.1. The van der Waals surface area contributed by atoms with E-state index in [4.69, 9.17) is 4.42 Å². The quantitative estimate of drug-likeness (QED) is 0.531. The van der Waals surface area contributed by atoms with Gasteiger partial charge in [0.25, 0.3) is 5.91 Å². The topological polar surface area (TPSA) is 108 Å². The zero-order valence-electron chi connectivity index (χ0n) is 13.0. The largest absolute Gasteiger partial charge is 0.417 e. The van der Waals surface area contributed by atoms with Crippen molar-refractivity contribution in [1.29, 1.82) is 0 Å². The minimum absolute atomic E-state index is 0.185. The molecule has 0 aliphatic rings. The van der Waals surface area contributed by atoms with Gasteiger partial charge in [0.05, 0.1) is 16.6 Å². The molecule has 25 heavy (non-hydrogen) atoms. The zero-order valence-corrected chi connectivity index (χ0v) is 13.0. The van der Waals surface area contributed by atoms with E-state index in [-0.39, 0.29) is 18.0 Å².